The Morgan fingerprint density at radius 2 is 1.40 bits per heavy atom. The third-order valence-electron chi connectivity index (χ3n) is 3.23. The first-order valence-corrected chi connectivity index (χ1v) is 8.19. The van der Waals surface area contributed by atoms with E-state index >= 15 is 0 Å². The van der Waals surface area contributed by atoms with Gasteiger partial charge < -0.3 is 0 Å². The first kappa shape index (κ1) is 14.9. The molecule has 0 saturated heterocycles. The minimum atomic E-state index is 0.634. The summed E-state index contributed by atoms with van der Waals surface area (Å²) in [4.78, 5) is 1.46. The van der Waals surface area contributed by atoms with E-state index < -0.39 is 0 Å². The maximum Gasteiger partial charge on any atom is 0.0105 e. The lowest BCUT2D eigenvalue weighted by Crippen LogP contribution is -1.87. The molecule has 0 spiro atoms. The molecule has 1 heterocycles. The van der Waals surface area contributed by atoms with Gasteiger partial charge in [0.05, 0.1) is 0 Å². The third-order valence-corrected chi connectivity index (χ3v) is 4.39. The highest BCUT2D eigenvalue weighted by atomic mass is 32.2. The van der Waals surface area contributed by atoms with Gasteiger partial charge in [-0.3, -0.25) is 0 Å². The Morgan fingerprint density at radius 3 is 1.80 bits per heavy atom. The maximum atomic E-state index is 2.34. The molecule has 0 unspecified atom stereocenters. The molecule has 20 heavy (non-hydrogen) atoms. The Kier molecular flexibility index (Phi) is 5.94. The van der Waals surface area contributed by atoms with E-state index in [1.807, 2.05) is 48.2 Å². The zero-order chi connectivity index (χ0) is 14.2. The van der Waals surface area contributed by atoms with Crippen LogP contribution in [0.3, 0.4) is 0 Å². The van der Waals surface area contributed by atoms with Gasteiger partial charge in [0.2, 0.25) is 0 Å². The van der Waals surface area contributed by atoms with Crippen molar-refractivity contribution in [1.29, 1.82) is 0 Å². The summed E-state index contributed by atoms with van der Waals surface area (Å²) in [6.45, 7) is 4.47. The van der Waals surface area contributed by atoms with Crippen LogP contribution in [-0.2, 0) is 0 Å². The van der Waals surface area contributed by atoms with Crippen molar-refractivity contribution in [3.63, 3.8) is 0 Å². The highest BCUT2D eigenvalue weighted by molar-refractivity contribution is 8.08. The molecule has 3 rings (SSSR count). The van der Waals surface area contributed by atoms with Crippen LogP contribution in [-0.4, -0.2) is 5.75 Å². The quantitative estimate of drug-likeness (QED) is 0.653. The van der Waals surface area contributed by atoms with Crippen LogP contribution in [0.25, 0.3) is 4.91 Å². The molecule has 1 aliphatic heterocycles. The SMILES string of the molecule is CC(C)c1ccc(C2=CCCS2)cc1.c1ccccc1. The Hall–Kier alpha value is -1.47. The molecular weight excluding hydrogens is 260 g/mol. The van der Waals surface area contributed by atoms with Crippen LogP contribution in [0.2, 0.25) is 0 Å². The van der Waals surface area contributed by atoms with Gasteiger partial charge in [0, 0.05) is 10.7 Å². The predicted octanol–water partition coefficient (Wildman–Crippen LogP) is 5.97. The van der Waals surface area contributed by atoms with Crippen molar-refractivity contribution in [2.45, 2.75) is 26.2 Å². The topological polar surface area (TPSA) is 0 Å². The fourth-order valence-electron chi connectivity index (χ4n) is 2.04. The summed E-state index contributed by atoms with van der Waals surface area (Å²) in [5.74, 6) is 1.88. The Morgan fingerprint density at radius 1 is 0.850 bits per heavy atom. The molecule has 0 fully saturated rings. The van der Waals surface area contributed by atoms with E-state index in [-0.39, 0.29) is 0 Å². The van der Waals surface area contributed by atoms with Crippen molar-refractivity contribution in [1.82, 2.24) is 0 Å². The van der Waals surface area contributed by atoms with Crippen molar-refractivity contribution in [3.05, 3.63) is 77.9 Å². The van der Waals surface area contributed by atoms with E-state index in [9.17, 15) is 0 Å². The lowest BCUT2D eigenvalue weighted by molar-refractivity contribution is 0.866. The van der Waals surface area contributed by atoms with Crippen molar-refractivity contribution in [3.8, 4) is 0 Å². The van der Waals surface area contributed by atoms with E-state index in [0.29, 0.717) is 5.92 Å². The molecular formula is C19H22S. The number of hydrogen-bond acceptors (Lipinski definition) is 1. The van der Waals surface area contributed by atoms with Gasteiger partial charge >= 0.3 is 0 Å². The highest BCUT2D eigenvalue weighted by Gasteiger charge is 2.07. The number of benzene rings is 2. The minimum absolute atomic E-state index is 0.634. The second-order valence-corrected chi connectivity index (χ2v) is 6.27. The van der Waals surface area contributed by atoms with Crippen LogP contribution in [0.15, 0.2) is 66.7 Å². The molecule has 1 aliphatic rings. The van der Waals surface area contributed by atoms with E-state index in [4.69, 9.17) is 0 Å². The van der Waals surface area contributed by atoms with Crippen LogP contribution >= 0.6 is 11.8 Å². The maximum absolute atomic E-state index is 2.34. The third kappa shape index (κ3) is 4.57. The monoisotopic (exact) mass is 282 g/mol. The van der Waals surface area contributed by atoms with E-state index in [2.05, 4.69) is 44.2 Å². The first-order chi connectivity index (χ1) is 9.77. The first-order valence-electron chi connectivity index (χ1n) is 7.20. The van der Waals surface area contributed by atoms with Crippen molar-refractivity contribution in [2.75, 3.05) is 5.75 Å². The van der Waals surface area contributed by atoms with Gasteiger partial charge in [-0.15, -0.1) is 11.8 Å². The van der Waals surface area contributed by atoms with Gasteiger partial charge in [0.15, 0.2) is 0 Å². The summed E-state index contributed by atoms with van der Waals surface area (Å²) in [5.41, 5.74) is 2.81. The smallest absolute Gasteiger partial charge is 0.0105 e. The highest BCUT2D eigenvalue weighted by Crippen LogP contribution is 2.34. The van der Waals surface area contributed by atoms with E-state index in [1.54, 1.807) is 0 Å². The molecule has 104 valence electrons. The van der Waals surface area contributed by atoms with Crippen LogP contribution in [0, 0.1) is 0 Å². The Labute approximate surface area is 126 Å². The molecule has 2 aromatic rings. The van der Waals surface area contributed by atoms with Gasteiger partial charge in [-0.1, -0.05) is 80.6 Å². The summed E-state index contributed by atoms with van der Waals surface area (Å²) in [6.07, 6.45) is 3.57. The largest absolute Gasteiger partial charge is 0.126 e. The summed E-state index contributed by atoms with van der Waals surface area (Å²) in [6, 6.07) is 21.0. The fraction of sp³-hybridized carbons (Fsp3) is 0.263. The molecule has 0 aliphatic carbocycles. The summed E-state index contributed by atoms with van der Waals surface area (Å²) in [5, 5.41) is 0. The Balaban J connectivity index is 0.000000205. The molecule has 0 saturated carbocycles. The molecule has 0 nitrogen and oxygen atoms in total. The predicted molar refractivity (Wildman–Crippen MR) is 92.0 cm³/mol. The molecule has 0 aromatic heterocycles. The molecule has 0 atom stereocenters. The second kappa shape index (κ2) is 7.96. The lowest BCUT2D eigenvalue weighted by Gasteiger charge is -2.06. The van der Waals surface area contributed by atoms with E-state index in [0.717, 1.165) is 0 Å². The zero-order valence-corrected chi connectivity index (χ0v) is 13.1. The number of thioether (sulfide) groups is 1. The Bertz CT molecular complexity index is 497. The van der Waals surface area contributed by atoms with Crippen LogP contribution in [0.5, 0.6) is 0 Å². The van der Waals surface area contributed by atoms with Gasteiger partial charge in [-0.05, 0) is 23.5 Å². The fourth-order valence-corrected chi connectivity index (χ4v) is 3.03. The zero-order valence-electron chi connectivity index (χ0n) is 12.3. The second-order valence-electron chi connectivity index (χ2n) is 5.14. The summed E-state index contributed by atoms with van der Waals surface area (Å²) < 4.78 is 0. The number of rotatable bonds is 2. The molecule has 2 aromatic carbocycles. The molecule has 0 amide bonds. The van der Waals surface area contributed by atoms with Crippen molar-refractivity contribution < 1.29 is 0 Å². The van der Waals surface area contributed by atoms with Gasteiger partial charge in [-0.25, -0.2) is 0 Å². The molecule has 1 heteroatoms. The molecule has 0 N–H and O–H groups in total. The van der Waals surface area contributed by atoms with Crippen molar-refractivity contribution >= 4 is 16.7 Å². The van der Waals surface area contributed by atoms with Crippen LogP contribution in [0.1, 0.15) is 37.3 Å². The normalized spacial score (nSPS) is 13.7. The van der Waals surface area contributed by atoms with E-state index in [1.165, 1.54) is 28.2 Å². The van der Waals surface area contributed by atoms with Crippen molar-refractivity contribution in [2.24, 2.45) is 0 Å². The molecule has 0 radical (unpaired) electrons. The average molecular weight is 282 g/mol. The van der Waals surface area contributed by atoms with Crippen LogP contribution in [0.4, 0.5) is 0 Å². The van der Waals surface area contributed by atoms with Gasteiger partial charge in [0.1, 0.15) is 0 Å². The van der Waals surface area contributed by atoms with Gasteiger partial charge in [-0.2, -0.15) is 0 Å². The summed E-state index contributed by atoms with van der Waals surface area (Å²) in [7, 11) is 0. The lowest BCUT2D eigenvalue weighted by atomic mass is 10.0. The summed E-state index contributed by atoms with van der Waals surface area (Å²) >= 11 is 1.97. The average Bonchev–Trinajstić information content (AvgIpc) is 3.04. The number of hydrogen-bond donors (Lipinski definition) is 0. The number of allylic oxidation sites excluding steroid dienone is 1. The van der Waals surface area contributed by atoms with Gasteiger partial charge in [0.25, 0.3) is 0 Å². The molecule has 0 bridgehead atoms. The van der Waals surface area contributed by atoms with Crippen LogP contribution < -0.4 is 0 Å². The minimum Gasteiger partial charge on any atom is -0.126 e. The standard InChI is InChI=1S/C13H16S.C6H6/c1-10(2)11-5-7-12(8-6-11)13-4-3-9-14-13;1-2-4-6-5-3-1/h4-8,10H,3,9H2,1-2H3;1-6H.